The molecule has 9 heteroatoms. The number of carbonyl (C=O) groups excluding carboxylic acids is 1. The molecule has 5 nitrogen and oxygen atoms in total. The maximum atomic E-state index is 13.1. The highest BCUT2D eigenvalue weighted by molar-refractivity contribution is 7.89. The highest BCUT2D eigenvalue weighted by Crippen LogP contribution is 2.41. The van der Waals surface area contributed by atoms with E-state index >= 15 is 0 Å². The Morgan fingerprint density at radius 3 is 2.12 bits per heavy atom. The molecule has 0 N–H and O–H groups in total. The number of aliphatic imine (C=N–C) groups is 1. The van der Waals surface area contributed by atoms with Crippen LogP contribution in [0.2, 0.25) is 0 Å². The average molecular weight is 412 g/mol. The molecule has 2 rings (SSSR count). The number of halogens is 3. The first-order valence-corrected chi connectivity index (χ1v) is 9.64. The van der Waals surface area contributed by atoms with Crippen LogP contribution in [0.1, 0.15) is 26.3 Å². The van der Waals surface area contributed by atoms with E-state index in [2.05, 4.69) is 4.99 Å². The summed E-state index contributed by atoms with van der Waals surface area (Å²) in [6.45, 7) is 6.38. The minimum atomic E-state index is -4.12. The number of amidine groups is 1. The number of ketones is 1. The zero-order chi connectivity index (χ0) is 18.5. The van der Waals surface area contributed by atoms with Crippen molar-refractivity contribution in [1.82, 2.24) is 4.31 Å². The Hall–Kier alpha value is -0.820. The molecule has 0 radical (unpaired) electrons. The first-order valence-electron chi connectivity index (χ1n) is 7.07. The van der Waals surface area contributed by atoms with Crippen molar-refractivity contribution in [3.05, 3.63) is 29.8 Å². The third-order valence-electron chi connectivity index (χ3n) is 3.72. The van der Waals surface area contributed by atoms with Gasteiger partial charge in [-0.2, -0.15) is 0 Å². The summed E-state index contributed by atoms with van der Waals surface area (Å²) in [4.78, 5) is 16.4. The summed E-state index contributed by atoms with van der Waals surface area (Å²) in [5, 5.41) is 0. The van der Waals surface area contributed by atoms with Gasteiger partial charge in [-0.1, -0.05) is 52.5 Å². The number of aryl methyl sites for hydroxylation is 1. The maximum Gasteiger partial charge on any atom is 0.266 e. The molecule has 0 aliphatic carbocycles. The van der Waals surface area contributed by atoms with Crippen LogP contribution in [0.4, 0.5) is 0 Å². The minimum absolute atomic E-state index is 0.000926. The molecule has 1 aliphatic rings. The van der Waals surface area contributed by atoms with Crippen molar-refractivity contribution in [2.45, 2.75) is 48.0 Å². The van der Waals surface area contributed by atoms with Gasteiger partial charge in [0.2, 0.25) is 3.79 Å². The summed E-state index contributed by atoms with van der Waals surface area (Å²) in [6.07, 6.45) is 0. The predicted molar refractivity (Wildman–Crippen MR) is 96.5 cm³/mol. The summed E-state index contributed by atoms with van der Waals surface area (Å²) in [5.41, 5.74) is -0.155. The molecule has 1 unspecified atom stereocenters. The zero-order valence-corrected chi connectivity index (χ0v) is 16.6. The topological polar surface area (TPSA) is 66.8 Å². The van der Waals surface area contributed by atoms with Gasteiger partial charge in [-0.3, -0.25) is 9.79 Å². The molecule has 0 saturated heterocycles. The first kappa shape index (κ1) is 19.5. The molecular formula is C15H17Cl3N2O3S. The quantitative estimate of drug-likeness (QED) is 0.715. The second-order valence-electron chi connectivity index (χ2n) is 6.21. The smallest absolute Gasteiger partial charge is 0.266 e. The SMILES string of the molecule is CC(=O)C1N(S(=O)(=O)c2ccc(C)cc2)C(C(Cl)(Cl)Cl)=NC1(C)C. The number of nitrogens with zero attached hydrogens (tertiary/aromatic N) is 2. The van der Waals surface area contributed by atoms with Crippen LogP contribution in [0.5, 0.6) is 0 Å². The molecule has 1 atom stereocenters. The van der Waals surface area contributed by atoms with Crippen molar-refractivity contribution in [2.75, 3.05) is 0 Å². The summed E-state index contributed by atoms with van der Waals surface area (Å²) < 4.78 is 25.0. The summed E-state index contributed by atoms with van der Waals surface area (Å²) in [7, 11) is -4.12. The Kier molecular flexibility index (Phi) is 5.01. The average Bonchev–Trinajstić information content (AvgIpc) is 2.71. The van der Waals surface area contributed by atoms with Crippen LogP contribution < -0.4 is 0 Å². The lowest BCUT2D eigenvalue weighted by atomic mass is 9.94. The number of alkyl halides is 3. The van der Waals surface area contributed by atoms with E-state index in [9.17, 15) is 13.2 Å². The molecule has 0 fully saturated rings. The van der Waals surface area contributed by atoms with E-state index in [1.807, 2.05) is 6.92 Å². The molecule has 24 heavy (non-hydrogen) atoms. The fourth-order valence-corrected chi connectivity index (χ4v) is 5.07. The van der Waals surface area contributed by atoms with Crippen molar-refractivity contribution in [2.24, 2.45) is 4.99 Å². The van der Waals surface area contributed by atoms with Gasteiger partial charge in [0.1, 0.15) is 6.04 Å². The fourth-order valence-electron chi connectivity index (χ4n) is 2.72. The number of hydrogen-bond donors (Lipinski definition) is 0. The molecule has 1 aliphatic heterocycles. The van der Waals surface area contributed by atoms with Crippen molar-refractivity contribution < 1.29 is 13.2 Å². The van der Waals surface area contributed by atoms with Crippen LogP contribution in [-0.2, 0) is 14.8 Å². The van der Waals surface area contributed by atoms with Crippen molar-refractivity contribution >= 4 is 56.4 Å². The Labute approximate surface area is 156 Å². The largest absolute Gasteiger partial charge is 0.298 e. The monoisotopic (exact) mass is 410 g/mol. The standard InChI is InChI=1S/C15H17Cl3N2O3S/c1-9-5-7-11(8-6-9)24(22,23)20-12(10(2)21)14(3,4)19-13(20)15(16,17)18/h5-8,12H,1-4H3. The Morgan fingerprint density at radius 2 is 1.71 bits per heavy atom. The molecule has 0 saturated carbocycles. The van der Waals surface area contributed by atoms with Gasteiger partial charge in [-0.25, -0.2) is 12.7 Å². The first-order chi connectivity index (χ1) is 10.8. The number of Topliss-reactive ketones (excluding diaryl/α,β-unsaturated/α-hetero) is 1. The van der Waals surface area contributed by atoms with Gasteiger partial charge in [0.15, 0.2) is 11.6 Å². The van der Waals surface area contributed by atoms with Crippen molar-refractivity contribution in [1.29, 1.82) is 0 Å². The Bertz CT molecular complexity index is 796. The van der Waals surface area contributed by atoms with Gasteiger partial charge in [0, 0.05) is 0 Å². The molecule has 132 valence electrons. The van der Waals surface area contributed by atoms with E-state index in [0.717, 1.165) is 9.87 Å². The van der Waals surface area contributed by atoms with Crippen LogP contribution in [0, 0.1) is 6.92 Å². The zero-order valence-electron chi connectivity index (χ0n) is 13.5. The molecule has 1 heterocycles. The Morgan fingerprint density at radius 1 is 1.21 bits per heavy atom. The highest BCUT2D eigenvalue weighted by Gasteiger charge is 2.55. The van der Waals surface area contributed by atoms with Crippen LogP contribution >= 0.6 is 34.8 Å². The van der Waals surface area contributed by atoms with E-state index in [4.69, 9.17) is 34.8 Å². The normalized spacial score (nSPS) is 20.9. The molecule has 0 amide bonds. The van der Waals surface area contributed by atoms with Crippen molar-refractivity contribution in [3.8, 4) is 0 Å². The molecule has 0 spiro atoms. The van der Waals surface area contributed by atoms with Gasteiger partial charge >= 0.3 is 0 Å². The van der Waals surface area contributed by atoms with E-state index in [-0.39, 0.29) is 16.5 Å². The van der Waals surface area contributed by atoms with E-state index < -0.39 is 25.4 Å². The van der Waals surface area contributed by atoms with Crippen LogP contribution in [-0.4, -0.2) is 39.7 Å². The molecule has 1 aromatic carbocycles. The van der Waals surface area contributed by atoms with Crippen LogP contribution in [0.25, 0.3) is 0 Å². The summed E-state index contributed by atoms with van der Waals surface area (Å²) in [5.74, 6) is -0.665. The summed E-state index contributed by atoms with van der Waals surface area (Å²) >= 11 is 17.8. The van der Waals surface area contributed by atoms with Crippen LogP contribution in [0.15, 0.2) is 34.2 Å². The minimum Gasteiger partial charge on any atom is -0.298 e. The second-order valence-corrected chi connectivity index (χ2v) is 10.3. The number of benzene rings is 1. The molecule has 1 aromatic rings. The van der Waals surface area contributed by atoms with E-state index in [1.54, 1.807) is 26.0 Å². The van der Waals surface area contributed by atoms with Gasteiger partial charge in [-0.05, 0) is 39.8 Å². The van der Waals surface area contributed by atoms with E-state index in [0.29, 0.717) is 0 Å². The third-order valence-corrected chi connectivity index (χ3v) is 6.00. The van der Waals surface area contributed by atoms with Gasteiger partial charge in [0.25, 0.3) is 10.0 Å². The lowest BCUT2D eigenvalue weighted by molar-refractivity contribution is -0.120. The van der Waals surface area contributed by atoms with Gasteiger partial charge < -0.3 is 0 Å². The lowest BCUT2D eigenvalue weighted by Gasteiger charge is -2.32. The second kappa shape index (κ2) is 6.16. The number of carbonyl (C=O) groups is 1. The van der Waals surface area contributed by atoms with Gasteiger partial charge in [-0.15, -0.1) is 0 Å². The highest BCUT2D eigenvalue weighted by atomic mass is 35.6. The Balaban J connectivity index is 2.68. The fraction of sp³-hybridized carbons (Fsp3) is 0.467. The van der Waals surface area contributed by atoms with E-state index in [1.165, 1.54) is 19.1 Å². The molecular weight excluding hydrogens is 395 g/mol. The molecule has 0 aromatic heterocycles. The maximum absolute atomic E-state index is 13.1. The van der Waals surface area contributed by atoms with Gasteiger partial charge in [0.05, 0.1) is 10.4 Å². The third kappa shape index (κ3) is 3.43. The number of hydrogen-bond acceptors (Lipinski definition) is 4. The number of sulfonamides is 1. The predicted octanol–water partition coefficient (Wildman–Crippen LogP) is 3.50. The summed E-state index contributed by atoms with van der Waals surface area (Å²) in [6, 6.07) is 5.12. The van der Waals surface area contributed by atoms with Crippen molar-refractivity contribution in [3.63, 3.8) is 0 Å². The van der Waals surface area contributed by atoms with Crippen LogP contribution in [0.3, 0.4) is 0 Å². The number of rotatable bonds is 3. The molecule has 0 bridgehead atoms. The lowest BCUT2D eigenvalue weighted by Crippen LogP contribution is -2.53.